The fraction of sp³-hybridized carbons (Fsp3) is 0.333. The molecule has 3 heteroatoms. The highest BCUT2D eigenvalue weighted by Crippen LogP contribution is 2.30. The van der Waals surface area contributed by atoms with E-state index >= 15 is 0 Å². The van der Waals surface area contributed by atoms with E-state index in [1.54, 1.807) is 12.1 Å². The van der Waals surface area contributed by atoms with Crippen LogP contribution in [0.2, 0.25) is 0 Å². The Morgan fingerprint density at radius 3 is 2.29 bits per heavy atom. The predicted molar refractivity (Wildman–Crippen MR) is 85.5 cm³/mol. The van der Waals surface area contributed by atoms with Crippen LogP contribution in [0.4, 0.5) is 0 Å². The first-order valence-corrected chi connectivity index (χ1v) is 7.35. The summed E-state index contributed by atoms with van der Waals surface area (Å²) in [6.45, 7) is 6.24. The molecular weight excluding hydrogens is 262 g/mol. The third-order valence-corrected chi connectivity index (χ3v) is 3.82. The van der Waals surface area contributed by atoms with Crippen molar-refractivity contribution >= 4 is 0 Å². The number of hydrogen-bond donors (Lipinski definition) is 3. The van der Waals surface area contributed by atoms with E-state index in [0.717, 1.165) is 12.0 Å². The minimum Gasteiger partial charge on any atom is -0.508 e. The smallest absolute Gasteiger partial charge is 0.124 e. The molecule has 0 amide bonds. The van der Waals surface area contributed by atoms with Crippen molar-refractivity contribution in [2.45, 2.75) is 39.3 Å². The van der Waals surface area contributed by atoms with Gasteiger partial charge < -0.3 is 15.5 Å². The van der Waals surface area contributed by atoms with Crippen LogP contribution in [-0.2, 0) is 0 Å². The molecule has 3 N–H and O–H groups in total. The van der Waals surface area contributed by atoms with Gasteiger partial charge in [0.05, 0.1) is 0 Å². The van der Waals surface area contributed by atoms with E-state index in [1.807, 2.05) is 6.92 Å². The first-order valence-electron chi connectivity index (χ1n) is 7.35. The maximum atomic E-state index is 9.95. The largest absolute Gasteiger partial charge is 0.508 e. The summed E-state index contributed by atoms with van der Waals surface area (Å²) in [7, 11) is 0. The van der Waals surface area contributed by atoms with Gasteiger partial charge in [0, 0.05) is 23.7 Å². The Labute approximate surface area is 126 Å². The Hall–Kier alpha value is -2.00. The topological polar surface area (TPSA) is 52.5 Å². The number of phenols is 2. The molecule has 112 valence electrons. The number of aryl methyl sites for hydroxylation is 1. The van der Waals surface area contributed by atoms with E-state index in [9.17, 15) is 10.2 Å². The molecule has 0 saturated carbocycles. The lowest BCUT2D eigenvalue weighted by molar-refractivity contribution is 0.417. The monoisotopic (exact) mass is 285 g/mol. The van der Waals surface area contributed by atoms with Crippen LogP contribution in [0.25, 0.3) is 0 Å². The predicted octanol–water partition coefficient (Wildman–Crippen LogP) is 4.21. The molecule has 0 aliphatic carbocycles. The van der Waals surface area contributed by atoms with Crippen LogP contribution in [0.3, 0.4) is 0 Å². The number of nitrogens with one attached hydrogen (secondary N) is 1. The molecular formula is C18H23NO2. The molecule has 0 saturated heterocycles. The van der Waals surface area contributed by atoms with Crippen LogP contribution in [-0.4, -0.2) is 10.2 Å². The SMILES string of the molecule is CCC(NC(C)c1ccc(O)cc1O)c1ccc(C)cc1. The van der Waals surface area contributed by atoms with Crippen LogP contribution < -0.4 is 5.32 Å². The summed E-state index contributed by atoms with van der Waals surface area (Å²) < 4.78 is 0. The molecule has 21 heavy (non-hydrogen) atoms. The average molecular weight is 285 g/mol. The summed E-state index contributed by atoms with van der Waals surface area (Å²) >= 11 is 0. The summed E-state index contributed by atoms with van der Waals surface area (Å²) in [4.78, 5) is 0. The first kappa shape index (κ1) is 15.4. The number of phenolic OH excluding ortho intramolecular Hbond substituents is 2. The Bertz CT molecular complexity index is 593. The molecule has 2 aromatic carbocycles. The number of benzene rings is 2. The van der Waals surface area contributed by atoms with Gasteiger partial charge in [-0.15, -0.1) is 0 Å². The maximum Gasteiger partial charge on any atom is 0.124 e. The van der Waals surface area contributed by atoms with Crippen LogP contribution in [0.1, 0.15) is 49.0 Å². The van der Waals surface area contributed by atoms with Crippen molar-refractivity contribution in [3.8, 4) is 11.5 Å². The van der Waals surface area contributed by atoms with Crippen molar-refractivity contribution in [2.24, 2.45) is 0 Å². The van der Waals surface area contributed by atoms with Crippen molar-refractivity contribution in [1.29, 1.82) is 0 Å². The van der Waals surface area contributed by atoms with E-state index in [4.69, 9.17) is 0 Å². The molecule has 2 unspecified atom stereocenters. The zero-order valence-electron chi connectivity index (χ0n) is 12.8. The molecule has 0 aliphatic rings. The first-order chi connectivity index (χ1) is 10.0. The highest BCUT2D eigenvalue weighted by molar-refractivity contribution is 5.40. The average Bonchev–Trinajstić information content (AvgIpc) is 2.45. The van der Waals surface area contributed by atoms with E-state index in [2.05, 4.69) is 43.4 Å². The summed E-state index contributed by atoms with van der Waals surface area (Å²) in [6.07, 6.45) is 0.965. The fourth-order valence-electron chi connectivity index (χ4n) is 2.54. The zero-order chi connectivity index (χ0) is 15.4. The minimum absolute atomic E-state index is 0.00291. The zero-order valence-corrected chi connectivity index (χ0v) is 12.8. The summed E-state index contributed by atoms with van der Waals surface area (Å²) in [5, 5.41) is 22.9. The van der Waals surface area contributed by atoms with Gasteiger partial charge in [-0.2, -0.15) is 0 Å². The van der Waals surface area contributed by atoms with Gasteiger partial charge in [-0.1, -0.05) is 42.8 Å². The quantitative estimate of drug-likeness (QED) is 0.771. The highest BCUT2D eigenvalue weighted by Gasteiger charge is 2.16. The Kier molecular flexibility index (Phi) is 4.86. The Morgan fingerprint density at radius 1 is 1.05 bits per heavy atom. The molecule has 0 spiro atoms. The molecule has 0 aromatic heterocycles. The van der Waals surface area contributed by atoms with Gasteiger partial charge in [0.25, 0.3) is 0 Å². The van der Waals surface area contributed by atoms with Crippen molar-refractivity contribution in [1.82, 2.24) is 5.32 Å². The van der Waals surface area contributed by atoms with E-state index in [-0.39, 0.29) is 23.6 Å². The Morgan fingerprint density at radius 2 is 1.71 bits per heavy atom. The standard InChI is InChI=1S/C18H23NO2/c1-4-17(14-7-5-12(2)6-8-14)19-13(3)16-10-9-15(20)11-18(16)21/h5-11,13,17,19-21H,4H2,1-3H3. The molecule has 0 aliphatic heterocycles. The van der Waals surface area contributed by atoms with Gasteiger partial charge in [0.1, 0.15) is 11.5 Å². The van der Waals surface area contributed by atoms with Crippen LogP contribution in [0, 0.1) is 6.92 Å². The lowest BCUT2D eigenvalue weighted by atomic mass is 10.00. The lowest BCUT2D eigenvalue weighted by Crippen LogP contribution is -2.24. The van der Waals surface area contributed by atoms with Crippen molar-refractivity contribution in [2.75, 3.05) is 0 Å². The molecule has 2 rings (SSSR count). The molecule has 0 bridgehead atoms. The van der Waals surface area contributed by atoms with Gasteiger partial charge in [0.15, 0.2) is 0 Å². The lowest BCUT2D eigenvalue weighted by Gasteiger charge is -2.24. The number of aromatic hydroxyl groups is 2. The number of hydrogen-bond acceptors (Lipinski definition) is 3. The highest BCUT2D eigenvalue weighted by atomic mass is 16.3. The van der Waals surface area contributed by atoms with Gasteiger partial charge in [-0.3, -0.25) is 0 Å². The molecule has 3 nitrogen and oxygen atoms in total. The normalized spacial score (nSPS) is 13.9. The summed E-state index contributed by atoms with van der Waals surface area (Å²) in [5.41, 5.74) is 3.28. The van der Waals surface area contributed by atoms with Gasteiger partial charge >= 0.3 is 0 Å². The van der Waals surface area contributed by atoms with Crippen molar-refractivity contribution in [3.63, 3.8) is 0 Å². The molecule has 2 atom stereocenters. The Balaban J connectivity index is 2.15. The summed E-state index contributed by atoms with van der Waals surface area (Å²) in [5.74, 6) is 0.197. The van der Waals surface area contributed by atoms with E-state index < -0.39 is 0 Å². The van der Waals surface area contributed by atoms with E-state index in [1.165, 1.54) is 17.2 Å². The van der Waals surface area contributed by atoms with Crippen molar-refractivity contribution in [3.05, 3.63) is 59.2 Å². The molecule has 0 fully saturated rings. The second-order valence-electron chi connectivity index (χ2n) is 5.50. The third-order valence-electron chi connectivity index (χ3n) is 3.82. The summed E-state index contributed by atoms with van der Waals surface area (Å²) in [6, 6.07) is 13.5. The van der Waals surface area contributed by atoms with E-state index in [0.29, 0.717) is 0 Å². The van der Waals surface area contributed by atoms with Crippen LogP contribution in [0.5, 0.6) is 11.5 Å². The van der Waals surface area contributed by atoms with Gasteiger partial charge in [0.2, 0.25) is 0 Å². The minimum atomic E-state index is -0.00291. The van der Waals surface area contributed by atoms with Gasteiger partial charge in [-0.25, -0.2) is 0 Å². The number of rotatable bonds is 5. The molecule has 0 radical (unpaired) electrons. The second-order valence-corrected chi connectivity index (χ2v) is 5.50. The molecule has 2 aromatic rings. The second kappa shape index (κ2) is 6.64. The van der Waals surface area contributed by atoms with Crippen LogP contribution >= 0.6 is 0 Å². The van der Waals surface area contributed by atoms with Crippen molar-refractivity contribution < 1.29 is 10.2 Å². The third kappa shape index (κ3) is 3.76. The molecule has 0 heterocycles. The van der Waals surface area contributed by atoms with Gasteiger partial charge in [-0.05, 0) is 31.9 Å². The fourth-order valence-corrected chi connectivity index (χ4v) is 2.54. The maximum absolute atomic E-state index is 9.95. The van der Waals surface area contributed by atoms with Crippen LogP contribution in [0.15, 0.2) is 42.5 Å².